The van der Waals surface area contributed by atoms with Gasteiger partial charge in [-0.15, -0.1) is 0 Å². The van der Waals surface area contributed by atoms with Crippen LogP contribution in [0.2, 0.25) is 0 Å². The number of carbonyl (C=O) groups excluding carboxylic acids is 4. The van der Waals surface area contributed by atoms with Gasteiger partial charge in [0.25, 0.3) is 11.8 Å². The van der Waals surface area contributed by atoms with E-state index in [-0.39, 0.29) is 49.2 Å². The third-order valence-electron chi connectivity index (χ3n) is 8.88. The molecule has 3 heterocycles. The van der Waals surface area contributed by atoms with Gasteiger partial charge in [-0.2, -0.15) is 0 Å². The van der Waals surface area contributed by atoms with Crippen LogP contribution in [0.1, 0.15) is 65.1 Å². The Morgan fingerprint density at radius 3 is 2.56 bits per heavy atom. The molecule has 2 bridgehead atoms. The van der Waals surface area contributed by atoms with Crippen molar-refractivity contribution in [3.05, 3.63) is 99.2 Å². The molecule has 2 aromatic carbocycles. The van der Waals surface area contributed by atoms with Gasteiger partial charge in [-0.1, -0.05) is 50.2 Å². The SMILES string of the molecule is CC(C)[C@@H]1CN(C(=O)c2c(OCc3ccccc3)c(=O)ccn2C)CC(=O)NCCCc2ccc(F)c(c2)C(=O)N2CCC[C@H]2C(=O)N1. The summed E-state index contributed by atoms with van der Waals surface area (Å²) < 4.78 is 22.3. The molecule has 0 unspecified atom stereocenters. The monoisotopic (exact) mass is 659 g/mol. The number of nitrogens with one attached hydrogen (secondary N) is 2. The van der Waals surface area contributed by atoms with Crippen molar-refractivity contribution in [3.8, 4) is 5.75 Å². The standard InChI is InChI=1S/C36H42FN5O6/c1-23(2)28-20-41(36(47)32-33(30(43)15-18-40(32)3)48-22-25-9-5-4-6-10-25)21-31(44)38-16-7-11-24-13-14-27(37)26(19-24)35(46)42-17-8-12-29(42)34(45)39-28/h4-6,9-10,13-15,18-19,23,28-29H,7-8,11-12,16-17,20-22H2,1-3H3,(H,38,44)(H,39,45)/t28-,29-/m0/s1. The second-order valence-electron chi connectivity index (χ2n) is 12.7. The highest BCUT2D eigenvalue weighted by Crippen LogP contribution is 2.24. The van der Waals surface area contributed by atoms with E-state index < -0.39 is 47.0 Å². The first kappa shape index (κ1) is 34.3. The minimum absolute atomic E-state index is 0.0279. The zero-order valence-electron chi connectivity index (χ0n) is 27.5. The Hall–Kier alpha value is -5.00. The normalized spacial score (nSPS) is 19.4. The van der Waals surface area contributed by atoms with Crippen LogP contribution in [0.15, 0.2) is 65.6 Å². The number of carbonyl (C=O) groups is 4. The predicted octanol–water partition coefficient (Wildman–Crippen LogP) is 3.05. The summed E-state index contributed by atoms with van der Waals surface area (Å²) in [5, 5.41) is 5.85. The van der Waals surface area contributed by atoms with Crippen molar-refractivity contribution in [3.63, 3.8) is 0 Å². The molecule has 0 aliphatic carbocycles. The highest BCUT2D eigenvalue weighted by Gasteiger charge is 2.37. The van der Waals surface area contributed by atoms with E-state index in [1.807, 2.05) is 44.2 Å². The predicted molar refractivity (Wildman–Crippen MR) is 177 cm³/mol. The summed E-state index contributed by atoms with van der Waals surface area (Å²) in [5.74, 6) is -3.00. The summed E-state index contributed by atoms with van der Waals surface area (Å²) in [6.07, 6.45) is 3.43. The molecule has 1 aromatic heterocycles. The van der Waals surface area contributed by atoms with Gasteiger partial charge in [0.15, 0.2) is 11.4 Å². The van der Waals surface area contributed by atoms with Crippen LogP contribution < -0.4 is 20.8 Å². The van der Waals surface area contributed by atoms with E-state index in [0.29, 0.717) is 32.2 Å². The Kier molecular flexibility index (Phi) is 10.9. The lowest BCUT2D eigenvalue weighted by molar-refractivity contribution is -0.126. The molecule has 3 aromatic rings. The first-order chi connectivity index (χ1) is 23.0. The average molecular weight is 660 g/mol. The first-order valence-electron chi connectivity index (χ1n) is 16.4. The van der Waals surface area contributed by atoms with Crippen LogP contribution in [-0.2, 0) is 29.7 Å². The molecule has 2 aliphatic heterocycles. The summed E-state index contributed by atoms with van der Waals surface area (Å²) in [4.78, 5) is 70.7. The van der Waals surface area contributed by atoms with Crippen LogP contribution in [0.5, 0.6) is 5.75 Å². The quantitative estimate of drug-likeness (QED) is 0.433. The van der Waals surface area contributed by atoms with Gasteiger partial charge in [-0.25, -0.2) is 4.39 Å². The molecule has 1 fully saturated rings. The van der Waals surface area contributed by atoms with Crippen molar-refractivity contribution >= 4 is 23.6 Å². The van der Waals surface area contributed by atoms with Crippen molar-refractivity contribution < 1.29 is 28.3 Å². The summed E-state index contributed by atoms with van der Waals surface area (Å²) in [6.45, 7) is 3.98. The van der Waals surface area contributed by atoms with Gasteiger partial charge in [0.2, 0.25) is 17.2 Å². The number of nitrogens with zero attached hydrogens (tertiary/aromatic N) is 3. The summed E-state index contributed by atoms with van der Waals surface area (Å²) in [5.41, 5.74) is 0.930. The van der Waals surface area contributed by atoms with E-state index in [0.717, 1.165) is 11.1 Å². The van der Waals surface area contributed by atoms with E-state index >= 15 is 0 Å². The maximum absolute atomic E-state index is 14.9. The molecule has 0 radical (unpaired) electrons. The molecular formula is C36H42FN5O6. The molecular weight excluding hydrogens is 617 g/mol. The zero-order valence-corrected chi connectivity index (χ0v) is 27.5. The lowest BCUT2D eigenvalue weighted by Crippen LogP contribution is -2.55. The maximum atomic E-state index is 14.9. The fraction of sp³-hybridized carbons (Fsp3) is 0.417. The molecule has 11 nitrogen and oxygen atoms in total. The van der Waals surface area contributed by atoms with Crippen molar-refractivity contribution in [2.75, 3.05) is 26.2 Å². The van der Waals surface area contributed by atoms with Crippen LogP contribution in [0.3, 0.4) is 0 Å². The third-order valence-corrected chi connectivity index (χ3v) is 8.88. The zero-order chi connectivity index (χ0) is 34.4. The number of fused-ring (bicyclic) bond motifs is 3. The Morgan fingerprint density at radius 2 is 1.81 bits per heavy atom. The van der Waals surface area contributed by atoms with Gasteiger partial charge in [-0.3, -0.25) is 24.0 Å². The van der Waals surface area contributed by atoms with Crippen molar-refractivity contribution in [1.29, 1.82) is 0 Å². The van der Waals surface area contributed by atoms with Crippen LogP contribution in [0, 0.1) is 11.7 Å². The Balaban J connectivity index is 1.47. The molecule has 0 saturated carbocycles. The smallest absolute Gasteiger partial charge is 0.275 e. The number of halogens is 1. The fourth-order valence-electron chi connectivity index (χ4n) is 6.11. The minimum Gasteiger partial charge on any atom is -0.483 e. The van der Waals surface area contributed by atoms with Gasteiger partial charge in [-0.05, 0) is 54.9 Å². The van der Waals surface area contributed by atoms with E-state index in [4.69, 9.17) is 4.74 Å². The molecule has 2 atom stereocenters. The molecule has 48 heavy (non-hydrogen) atoms. The highest BCUT2D eigenvalue weighted by molar-refractivity contribution is 5.99. The van der Waals surface area contributed by atoms with E-state index in [1.54, 1.807) is 13.1 Å². The Labute approximate surface area is 279 Å². The molecule has 12 heteroatoms. The van der Waals surface area contributed by atoms with Crippen LogP contribution in [-0.4, -0.2) is 76.3 Å². The van der Waals surface area contributed by atoms with E-state index in [9.17, 15) is 28.4 Å². The second kappa shape index (κ2) is 15.3. The molecule has 254 valence electrons. The Bertz CT molecular complexity index is 1730. The molecule has 4 amide bonds. The van der Waals surface area contributed by atoms with Crippen molar-refractivity contribution in [2.45, 2.75) is 58.2 Å². The number of amides is 4. The first-order valence-corrected chi connectivity index (χ1v) is 16.4. The molecule has 2 N–H and O–H groups in total. The average Bonchev–Trinajstić information content (AvgIpc) is 3.57. The molecule has 1 saturated heterocycles. The van der Waals surface area contributed by atoms with Crippen LogP contribution >= 0.6 is 0 Å². The van der Waals surface area contributed by atoms with Gasteiger partial charge < -0.3 is 29.7 Å². The fourth-order valence-corrected chi connectivity index (χ4v) is 6.11. The second-order valence-corrected chi connectivity index (χ2v) is 12.7. The summed E-state index contributed by atoms with van der Waals surface area (Å²) >= 11 is 0. The van der Waals surface area contributed by atoms with Gasteiger partial charge in [0, 0.05) is 45.0 Å². The number of aryl methyl sites for hydroxylation is 2. The summed E-state index contributed by atoms with van der Waals surface area (Å²) in [6, 6.07) is 13.5. The number of hydrogen-bond donors (Lipinski definition) is 2. The van der Waals surface area contributed by atoms with Gasteiger partial charge in [0.05, 0.1) is 12.1 Å². The lowest BCUT2D eigenvalue weighted by atomic mass is 10.0. The molecule has 0 spiro atoms. The number of ether oxygens (including phenoxy) is 1. The Morgan fingerprint density at radius 1 is 1.04 bits per heavy atom. The number of hydrogen-bond acceptors (Lipinski definition) is 6. The lowest BCUT2D eigenvalue weighted by Gasteiger charge is -2.32. The summed E-state index contributed by atoms with van der Waals surface area (Å²) in [7, 11) is 1.62. The molecule has 5 rings (SSSR count). The van der Waals surface area contributed by atoms with Gasteiger partial charge >= 0.3 is 0 Å². The third kappa shape index (κ3) is 7.92. The van der Waals surface area contributed by atoms with E-state index in [2.05, 4.69) is 10.6 Å². The maximum Gasteiger partial charge on any atom is 0.275 e. The number of rotatable bonds is 5. The van der Waals surface area contributed by atoms with E-state index in [1.165, 1.54) is 38.8 Å². The highest BCUT2D eigenvalue weighted by atomic mass is 19.1. The number of benzene rings is 2. The topological polar surface area (TPSA) is 130 Å². The van der Waals surface area contributed by atoms with Crippen molar-refractivity contribution in [1.82, 2.24) is 25.0 Å². The van der Waals surface area contributed by atoms with Crippen LogP contribution in [0.25, 0.3) is 0 Å². The number of aromatic nitrogens is 1. The molecule has 2 aliphatic rings. The van der Waals surface area contributed by atoms with Crippen LogP contribution in [0.4, 0.5) is 4.39 Å². The number of pyridine rings is 1. The van der Waals surface area contributed by atoms with Crippen molar-refractivity contribution in [2.24, 2.45) is 13.0 Å². The minimum atomic E-state index is -0.821. The van der Waals surface area contributed by atoms with Gasteiger partial charge in [0.1, 0.15) is 18.5 Å². The largest absolute Gasteiger partial charge is 0.483 e.